The minimum atomic E-state index is -0.0722. The van der Waals surface area contributed by atoms with Crippen LogP contribution in [-0.2, 0) is 4.79 Å². The van der Waals surface area contributed by atoms with Gasteiger partial charge < -0.3 is 5.32 Å². The van der Waals surface area contributed by atoms with Crippen LogP contribution in [0.3, 0.4) is 0 Å². The molecule has 2 aliphatic carbocycles. The number of alkyl halides is 1. The number of carbonyl (C=O) groups excluding carboxylic acids is 1. The fourth-order valence-corrected chi connectivity index (χ4v) is 3.50. The standard InChI is InChI=1S/C13H22ClNO/c14-10-13(7-3-4-8-13)15-12(16)9-11-5-1-2-6-11/h11H,1-10H2,(H,15,16). The molecule has 0 aromatic carbocycles. The summed E-state index contributed by atoms with van der Waals surface area (Å²) in [5.41, 5.74) is -0.0722. The summed E-state index contributed by atoms with van der Waals surface area (Å²) < 4.78 is 0. The highest BCUT2D eigenvalue weighted by Crippen LogP contribution is 2.32. The van der Waals surface area contributed by atoms with Gasteiger partial charge in [0.15, 0.2) is 0 Å². The second-order valence-corrected chi connectivity index (χ2v) is 5.79. The molecule has 0 atom stereocenters. The fourth-order valence-electron chi connectivity index (χ4n) is 3.17. The monoisotopic (exact) mass is 243 g/mol. The van der Waals surface area contributed by atoms with E-state index in [1.165, 1.54) is 38.5 Å². The highest BCUT2D eigenvalue weighted by Gasteiger charge is 2.34. The zero-order valence-electron chi connectivity index (χ0n) is 9.93. The molecule has 1 N–H and O–H groups in total. The zero-order valence-corrected chi connectivity index (χ0v) is 10.7. The molecule has 0 aromatic rings. The Balaban J connectivity index is 1.80. The van der Waals surface area contributed by atoms with Crippen LogP contribution in [0.15, 0.2) is 0 Å². The molecule has 2 fully saturated rings. The van der Waals surface area contributed by atoms with Crippen molar-refractivity contribution in [2.75, 3.05) is 5.88 Å². The predicted molar refractivity (Wildman–Crippen MR) is 66.6 cm³/mol. The third-order valence-corrected chi connectivity index (χ3v) is 4.68. The molecule has 0 heterocycles. The summed E-state index contributed by atoms with van der Waals surface area (Å²) in [6, 6.07) is 0. The smallest absolute Gasteiger partial charge is 0.220 e. The number of rotatable bonds is 4. The van der Waals surface area contributed by atoms with Gasteiger partial charge in [0, 0.05) is 12.3 Å². The number of amides is 1. The lowest BCUT2D eigenvalue weighted by atomic mass is 9.98. The van der Waals surface area contributed by atoms with Gasteiger partial charge in [-0.3, -0.25) is 4.79 Å². The Morgan fingerprint density at radius 3 is 2.38 bits per heavy atom. The predicted octanol–water partition coefficient (Wildman–Crippen LogP) is 3.23. The first-order valence-electron chi connectivity index (χ1n) is 6.61. The molecule has 0 spiro atoms. The molecule has 2 nitrogen and oxygen atoms in total. The van der Waals surface area contributed by atoms with E-state index in [1.54, 1.807) is 0 Å². The first-order valence-corrected chi connectivity index (χ1v) is 7.14. The minimum absolute atomic E-state index is 0.0722. The summed E-state index contributed by atoms with van der Waals surface area (Å²) in [5.74, 6) is 1.44. The Kier molecular flexibility index (Phi) is 4.12. The highest BCUT2D eigenvalue weighted by atomic mass is 35.5. The molecule has 16 heavy (non-hydrogen) atoms. The van der Waals surface area contributed by atoms with E-state index >= 15 is 0 Å². The lowest BCUT2D eigenvalue weighted by Crippen LogP contribution is -2.48. The Hall–Kier alpha value is -0.240. The van der Waals surface area contributed by atoms with Gasteiger partial charge in [-0.15, -0.1) is 11.6 Å². The second-order valence-electron chi connectivity index (χ2n) is 5.52. The number of hydrogen-bond donors (Lipinski definition) is 1. The van der Waals surface area contributed by atoms with Crippen LogP contribution in [0.2, 0.25) is 0 Å². The largest absolute Gasteiger partial charge is 0.349 e. The van der Waals surface area contributed by atoms with Crippen molar-refractivity contribution < 1.29 is 4.79 Å². The van der Waals surface area contributed by atoms with Gasteiger partial charge in [-0.05, 0) is 31.6 Å². The SMILES string of the molecule is O=C(CC1CCCC1)NC1(CCl)CCCC1. The van der Waals surface area contributed by atoms with E-state index < -0.39 is 0 Å². The van der Waals surface area contributed by atoms with E-state index in [4.69, 9.17) is 11.6 Å². The summed E-state index contributed by atoms with van der Waals surface area (Å²) in [6.45, 7) is 0. The maximum atomic E-state index is 11.9. The van der Waals surface area contributed by atoms with Gasteiger partial charge in [-0.1, -0.05) is 25.7 Å². The van der Waals surface area contributed by atoms with Crippen molar-refractivity contribution in [2.24, 2.45) is 5.92 Å². The molecule has 2 aliphatic rings. The maximum Gasteiger partial charge on any atom is 0.220 e. The van der Waals surface area contributed by atoms with Gasteiger partial charge >= 0.3 is 0 Å². The quantitative estimate of drug-likeness (QED) is 0.755. The van der Waals surface area contributed by atoms with Crippen LogP contribution in [0.25, 0.3) is 0 Å². The third kappa shape index (κ3) is 2.91. The van der Waals surface area contributed by atoms with Gasteiger partial charge in [0.05, 0.1) is 5.54 Å². The second kappa shape index (κ2) is 5.39. The lowest BCUT2D eigenvalue weighted by Gasteiger charge is -2.28. The van der Waals surface area contributed by atoms with Crippen molar-refractivity contribution >= 4 is 17.5 Å². The first kappa shape index (κ1) is 12.2. The molecule has 0 unspecified atom stereocenters. The van der Waals surface area contributed by atoms with Gasteiger partial charge in [0.1, 0.15) is 0 Å². The van der Waals surface area contributed by atoms with Crippen LogP contribution < -0.4 is 5.32 Å². The Labute approximate surface area is 103 Å². The Morgan fingerprint density at radius 2 is 1.81 bits per heavy atom. The van der Waals surface area contributed by atoms with Crippen molar-refractivity contribution in [1.29, 1.82) is 0 Å². The summed E-state index contributed by atoms with van der Waals surface area (Å²) in [5, 5.41) is 3.20. The number of carbonyl (C=O) groups is 1. The van der Waals surface area contributed by atoms with E-state index in [0.29, 0.717) is 11.8 Å². The van der Waals surface area contributed by atoms with E-state index in [0.717, 1.165) is 19.3 Å². The summed E-state index contributed by atoms with van der Waals surface area (Å²) in [6.07, 6.45) is 10.3. The summed E-state index contributed by atoms with van der Waals surface area (Å²) >= 11 is 6.01. The fraction of sp³-hybridized carbons (Fsp3) is 0.923. The lowest BCUT2D eigenvalue weighted by molar-refractivity contribution is -0.123. The van der Waals surface area contributed by atoms with Gasteiger partial charge in [0.2, 0.25) is 5.91 Å². The molecule has 1 amide bonds. The van der Waals surface area contributed by atoms with Crippen LogP contribution in [-0.4, -0.2) is 17.3 Å². The van der Waals surface area contributed by atoms with Crippen molar-refractivity contribution in [3.8, 4) is 0 Å². The summed E-state index contributed by atoms with van der Waals surface area (Å²) in [7, 11) is 0. The molecule has 92 valence electrons. The van der Waals surface area contributed by atoms with Gasteiger partial charge in [0.25, 0.3) is 0 Å². The van der Waals surface area contributed by atoms with Crippen LogP contribution in [0.1, 0.15) is 57.8 Å². The van der Waals surface area contributed by atoms with Crippen molar-refractivity contribution in [1.82, 2.24) is 5.32 Å². The van der Waals surface area contributed by atoms with E-state index in [2.05, 4.69) is 5.32 Å². The van der Waals surface area contributed by atoms with Crippen molar-refractivity contribution in [3.05, 3.63) is 0 Å². The Morgan fingerprint density at radius 1 is 1.19 bits per heavy atom. The molecule has 0 radical (unpaired) electrons. The van der Waals surface area contributed by atoms with Gasteiger partial charge in [-0.25, -0.2) is 0 Å². The molecule has 2 rings (SSSR count). The van der Waals surface area contributed by atoms with Crippen LogP contribution in [0.5, 0.6) is 0 Å². The highest BCUT2D eigenvalue weighted by molar-refractivity contribution is 6.18. The number of nitrogens with one attached hydrogen (secondary N) is 1. The Bertz CT molecular complexity index is 242. The molecule has 0 saturated heterocycles. The third-order valence-electron chi connectivity index (χ3n) is 4.17. The molecule has 3 heteroatoms. The molecule has 0 aliphatic heterocycles. The van der Waals surface area contributed by atoms with E-state index in [-0.39, 0.29) is 11.4 Å². The average Bonchev–Trinajstić information content (AvgIpc) is 2.90. The van der Waals surface area contributed by atoms with Crippen LogP contribution in [0.4, 0.5) is 0 Å². The van der Waals surface area contributed by atoms with Gasteiger partial charge in [-0.2, -0.15) is 0 Å². The molecular formula is C13H22ClNO. The molecule has 0 bridgehead atoms. The molecule has 0 aromatic heterocycles. The number of hydrogen-bond acceptors (Lipinski definition) is 1. The van der Waals surface area contributed by atoms with Crippen molar-refractivity contribution in [2.45, 2.75) is 63.3 Å². The zero-order chi connectivity index (χ0) is 11.4. The first-order chi connectivity index (χ1) is 7.74. The normalized spacial score (nSPS) is 24.8. The van der Waals surface area contributed by atoms with Crippen molar-refractivity contribution in [3.63, 3.8) is 0 Å². The number of halogens is 1. The van der Waals surface area contributed by atoms with Crippen LogP contribution >= 0.6 is 11.6 Å². The minimum Gasteiger partial charge on any atom is -0.349 e. The van der Waals surface area contributed by atoms with Crippen LogP contribution in [0, 0.1) is 5.92 Å². The average molecular weight is 244 g/mol. The maximum absolute atomic E-state index is 11.9. The van der Waals surface area contributed by atoms with E-state index in [1.807, 2.05) is 0 Å². The van der Waals surface area contributed by atoms with E-state index in [9.17, 15) is 4.79 Å². The summed E-state index contributed by atoms with van der Waals surface area (Å²) in [4.78, 5) is 11.9. The molecule has 2 saturated carbocycles. The molecular weight excluding hydrogens is 222 g/mol. The topological polar surface area (TPSA) is 29.1 Å².